The molecule has 1 aliphatic rings. The molecule has 1 saturated heterocycles. The summed E-state index contributed by atoms with van der Waals surface area (Å²) in [6.07, 6.45) is 4.62. The van der Waals surface area contributed by atoms with Crippen LogP contribution in [0.2, 0.25) is 0 Å². The first-order valence-corrected chi connectivity index (χ1v) is 6.03. The molecule has 1 atom stereocenters. The number of hydrogen-bond acceptors (Lipinski definition) is 4. The van der Waals surface area contributed by atoms with Crippen LogP contribution in [0.15, 0.2) is 12.4 Å². The SMILES string of the molecule is CC(C)c1cnc2cnn(C3CCOC3)c2n1. The molecule has 17 heavy (non-hydrogen) atoms. The van der Waals surface area contributed by atoms with Gasteiger partial charge < -0.3 is 4.74 Å². The van der Waals surface area contributed by atoms with Gasteiger partial charge in [-0.05, 0) is 12.3 Å². The number of ether oxygens (including phenoxy) is 1. The summed E-state index contributed by atoms with van der Waals surface area (Å²) in [5, 5.41) is 4.39. The average Bonchev–Trinajstić information content (AvgIpc) is 2.96. The minimum atomic E-state index is 0.309. The molecule has 0 saturated carbocycles. The lowest BCUT2D eigenvalue weighted by molar-refractivity contribution is 0.185. The molecule has 2 aromatic rings. The van der Waals surface area contributed by atoms with Gasteiger partial charge in [-0.15, -0.1) is 0 Å². The summed E-state index contributed by atoms with van der Waals surface area (Å²) in [6, 6.07) is 0.309. The fourth-order valence-corrected chi connectivity index (χ4v) is 2.09. The van der Waals surface area contributed by atoms with Gasteiger partial charge in [0.25, 0.3) is 0 Å². The fourth-order valence-electron chi connectivity index (χ4n) is 2.09. The second-order valence-electron chi connectivity index (χ2n) is 4.76. The van der Waals surface area contributed by atoms with E-state index in [0.29, 0.717) is 12.0 Å². The summed E-state index contributed by atoms with van der Waals surface area (Å²) in [5.74, 6) is 0.384. The second-order valence-corrected chi connectivity index (χ2v) is 4.76. The van der Waals surface area contributed by atoms with E-state index in [9.17, 15) is 0 Å². The summed E-state index contributed by atoms with van der Waals surface area (Å²) in [6.45, 7) is 5.78. The number of nitrogens with zero attached hydrogens (tertiary/aromatic N) is 4. The Kier molecular flexibility index (Phi) is 2.55. The van der Waals surface area contributed by atoms with E-state index in [-0.39, 0.29) is 0 Å². The third-order valence-corrected chi connectivity index (χ3v) is 3.16. The molecule has 3 rings (SSSR count). The van der Waals surface area contributed by atoms with Crippen LogP contribution in [0.3, 0.4) is 0 Å². The van der Waals surface area contributed by atoms with Crippen LogP contribution >= 0.6 is 0 Å². The van der Waals surface area contributed by atoms with E-state index in [0.717, 1.165) is 36.5 Å². The predicted molar refractivity (Wildman–Crippen MR) is 63.9 cm³/mol. The van der Waals surface area contributed by atoms with Gasteiger partial charge in [-0.25, -0.2) is 14.6 Å². The second kappa shape index (κ2) is 4.07. The van der Waals surface area contributed by atoms with E-state index >= 15 is 0 Å². The Bertz CT molecular complexity index is 528. The molecule has 5 nitrogen and oxygen atoms in total. The maximum absolute atomic E-state index is 5.40. The molecule has 0 N–H and O–H groups in total. The highest BCUT2D eigenvalue weighted by Gasteiger charge is 2.21. The Morgan fingerprint density at radius 3 is 3.00 bits per heavy atom. The van der Waals surface area contributed by atoms with Crippen LogP contribution in [0.1, 0.15) is 37.9 Å². The molecule has 5 heteroatoms. The van der Waals surface area contributed by atoms with Gasteiger partial charge in [0.05, 0.1) is 24.5 Å². The molecule has 1 fully saturated rings. The van der Waals surface area contributed by atoms with Crippen molar-refractivity contribution in [3.8, 4) is 0 Å². The van der Waals surface area contributed by atoms with Crippen LogP contribution in [-0.4, -0.2) is 33.0 Å². The largest absolute Gasteiger partial charge is 0.379 e. The Morgan fingerprint density at radius 1 is 1.41 bits per heavy atom. The van der Waals surface area contributed by atoms with Crippen molar-refractivity contribution in [2.75, 3.05) is 13.2 Å². The summed E-state index contributed by atoms with van der Waals surface area (Å²) >= 11 is 0. The van der Waals surface area contributed by atoms with E-state index in [1.807, 2.05) is 10.9 Å². The Morgan fingerprint density at radius 2 is 2.29 bits per heavy atom. The quantitative estimate of drug-likeness (QED) is 0.793. The van der Waals surface area contributed by atoms with Gasteiger partial charge in [0.15, 0.2) is 5.65 Å². The zero-order valence-corrected chi connectivity index (χ0v) is 10.1. The highest BCUT2D eigenvalue weighted by atomic mass is 16.5. The molecule has 0 amide bonds. The molecule has 2 aromatic heterocycles. The van der Waals surface area contributed by atoms with Crippen molar-refractivity contribution in [3.63, 3.8) is 0 Å². The lowest BCUT2D eigenvalue weighted by atomic mass is 10.1. The van der Waals surface area contributed by atoms with Crippen molar-refractivity contribution in [1.82, 2.24) is 19.7 Å². The van der Waals surface area contributed by atoms with E-state index in [1.54, 1.807) is 6.20 Å². The van der Waals surface area contributed by atoms with Crippen LogP contribution in [0.5, 0.6) is 0 Å². The summed E-state index contributed by atoms with van der Waals surface area (Å²) in [5.41, 5.74) is 2.76. The smallest absolute Gasteiger partial charge is 0.177 e. The summed E-state index contributed by atoms with van der Waals surface area (Å²) < 4.78 is 7.36. The lowest BCUT2D eigenvalue weighted by Crippen LogP contribution is -2.11. The van der Waals surface area contributed by atoms with Crippen molar-refractivity contribution in [2.24, 2.45) is 0 Å². The van der Waals surface area contributed by atoms with Crippen LogP contribution in [-0.2, 0) is 4.74 Å². The third kappa shape index (κ3) is 1.80. The van der Waals surface area contributed by atoms with Gasteiger partial charge in [0.1, 0.15) is 5.52 Å². The first-order valence-electron chi connectivity index (χ1n) is 6.03. The molecule has 3 heterocycles. The molecule has 0 bridgehead atoms. The maximum atomic E-state index is 5.40. The molecular weight excluding hydrogens is 216 g/mol. The van der Waals surface area contributed by atoms with Crippen LogP contribution in [0.25, 0.3) is 11.2 Å². The van der Waals surface area contributed by atoms with Gasteiger partial charge in [-0.2, -0.15) is 5.10 Å². The fraction of sp³-hybridized carbons (Fsp3) is 0.583. The van der Waals surface area contributed by atoms with Crippen molar-refractivity contribution in [3.05, 3.63) is 18.1 Å². The Balaban J connectivity index is 2.08. The van der Waals surface area contributed by atoms with Crippen molar-refractivity contribution in [2.45, 2.75) is 32.2 Å². The molecule has 1 aliphatic heterocycles. The molecule has 0 aromatic carbocycles. The topological polar surface area (TPSA) is 52.8 Å². The highest BCUT2D eigenvalue weighted by Crippen LogP contribution is 2.23. The van der Waals surface area contributed by atoms with E-state index in [1.165, 1.54) is 0 Å². The molecule has 0 aliphatic carbocycles. The Hall–Kier alpha value is -1.49. The van der Waals surface area contributed by atoms with Gasteiger partial charge in [0, 0.05) is 12.8 Å². The number of hydrogen-bond donors (Lipinski definition) is 0. The normalized spacial score (nSPS) is 20.5. The van der Waals surface area contributed by atoms with Crippen LogP contribution < -0.4 is 0 Å². The summed E-state index contributed by atoms with van der Waals surface area (Å²) in [7, 11) is 0. The standard InChI is InChI=1S/C12H16N4O/c1-8(2)10-5-13-11-6-14-16(12(11)15-10)9-3-4-17-7-9/h5-6,8-9H,3-4,7H2,1-2H3. The van der Waals surface area contributed by atoms with Crippen LogP contribution in [0, 0.1) is 0 Å². The minimum absolute atomic E-state index is 0.309. The Labute approximate surface area is 99.8 Å². The summed E-state index contributed by atoms with van der Waals surface area (Å²) in [4.78, 5) is 9.07. The van der Waals surface area contributed by atoms with Gasteiger partial charge in [-0.1, -0.05) is 13.8 Å². The third-order valence-electron chi connectivity index (χ3n) is 3.16. The molecule has 0 radical (unpaired) electrons. The maximum Gasteiger partial charge on any atom is 0.177 e. The zero-order valence-electron chi connectivity index (χ0n) is 10.1. The molecular formula is C12H16N4O. The van der Waals surface area contributed by atoms with Gasteiger partial charge >= 0.3 is 0 Å². The van der Waals surface area contributed by atoms with E-state index in [2.05, 4.69) is 28.9 Å². The molecule has 90 valence electrons. The van der Waals surface area contributed by atoms with Crippen molar-refractivity contribution >= 4 is 11.2 Å². The average molecular weight is 232 g/mol. The number of aromatic nitrogens is 4. The lowest BCUT2D eigenvalue weighted by Gasteiger charge is -2.10. The van der Waals surface area contributed by atoms with Gasteiger partial charge in [-0.3, -0.25) is 0 Å². The highest BCUT2D eigenvalue weighted by molar-refractivity contribution is 5.69. The predicted octanol–water partition coefficient (Wildman–Crippen LogP) is 1.91. The van der Waals surface area contributed by atoms with Crippen LogP contribution in [0.4, 0.5) is 0 Å². The van der Waals surface area contributed by atoms with Crippen molar-refractivity contribution < 1.29 is 4.74 Å². The van der Waals surface area contributed by atoms with E-state index in [4.69, 9.17) is 4.74 Å². The molecule has 0 spiro atoms. The van der Waals surface area contributed by atoms with E-state index < -0.39 is 0 Å². The monoisotopic (exact) mass is 232 g/mol. The first kappa shape index (κ1) is 10.7. The number of fused-ring (bicyclic) bond motifs is 1. The number of rotatable bonds is 2. The zero-order chi connectivity index (χ0) is 11.8. The van der Waals surface area contributed by atoms with Crippen molar-refractivity contribution in [1.29, 1.82) is 0 Å². The van der Waals surface area contributed by atoms with Gasteiger partial charge in [0.2, 0.25) is 0 Å². The minimum Gasteiger partial charge on any atom is -0.379 e. The first-order chi connectivity index (χ1) is 8.25. The molecule has 1 unspecified atom stereocenters.